The number of aliphatic carboxylic acids is 1. The standard InChI is InChI=1S/C27H30N2O6/c30-23(28-17-26(9-10-26)24(31)32)15-27(11-13-34-14-12-27)29-25(33)35-16-22-20-7-3-1-5-18(20)19-6-2-4-8-21(19)22/h1-8,22H,9-17H2,(H,28,30)(H,29,33)(H,31,32). The van der Waals surface area contributed by atoms with Crippen molar-refractivity contribution < 1.29 is 29.0 Å². The summed E-state index contributed by atoms with van der Waals surface area (Å²) in [6.07, 6.45) is 1.59. The molecule has 5 rings (SSSR count). The molecule has 3 N–H and O–H groups in total. The molecule has 35 heavy (non-hydrogen) atoms. The van der Waals surface area contributed by atoms with E-state index in [0.29, 0.717) is 38.9 Å². The van der Waals surface area contributed by atoms with Crippen molar-refractivity contribution in [2.24, 2.45) is 5.41 Å². The van der Waals surface area contributed by atoms with E-state index >= 15 is 0 Å². The second-order valence-corrected chi connectivity index (χ2v) is 9.88. The molecular weight excluding hydrogens is 448 g/mol. The number of hydrogen-bond donors (Lipinski definition) is 3. The van der Waals surface area contributed by atoms with Crippen molar-refractivity contribution >= 4 is 18.0 Å². The molecule has 1 heterocycles. The summed E-state index contributed by atoms with van der Waals surface area (Å²) in [5.41, 5.74) is 2.96. The lowest BCUT2D eigenvalue weighted by Gasteiger charge is -2.37. The van der Waals surface area contributed by atoms with Gasteiger partial charge in [0, 0.05) is 32.1 Å². The van der Waals surface area contributed by atoms with Crippen molar-refractivity contribution in [3.8, 4) is 11.1 Å². The maximum Gasteiger partial charge on any atom is 0.407 e. The molecule has 1 aliphatic heterocycles. The number of nitrogens with one attached hydrogen (secondary N) is 2. The summed E-state index contributed by atoms with van der Waals surface area (Å²) in [5.74, 6) is -1.21. The SMILES string of the molecule is O=C(CC1(NC(=O)OCC2c3ccccc3-c3ccccc32)CCOCC1)NCC1(C(=O)O)CC1. The summed E-state index contributed by atoms with van der Waals surface area (Å²) in [6.45, 7) is 1.16. The molecule has 8 heteroatoms. The van der Waals surface area contributed by atoms with Crippen LogP contribution in [0.25, 0.3) is 11.1 Å². The van der Waals surface area contributed by atoms with E-state index in [0.717, 1.165) is 22.3 Å². The molecule has 1 saturated heterocycles. The van der Waals surface area contributed by atoms with Crippen molar-refractivity contribution in [3.05, 3.63) is 59.7 Å². The van der Waals surface area contributed by atoms with Crippen molar-refractivity contribution in [2.75, 3.05) is 26.4 Å². The van der Waals surface area contributed by atoms with Gasteiger partial charge >= 0.3 is 12.1 Å². The molecule has 0 bridgehead atoms. The molecule has 3 aliphatic rings. The van der Waals surface area contributed by atoms with Crippen LogP contribution < -0.4 is 10.6 Å². The van der Waals surface area contributed by atoms with Gasteiger partial charge in [-0.15, -0.1) is 0 Å². The smallest absolute Gasteiger partial charge is 0.407 e. The van der Waals surface area contributed by atoms with Crippen molar-refractivity contribution in [1.29, 1.82) is 0 Å². The lowest BCUT2D eigenvalue weighted by Crippen LogP contribution is -2.55. The number of carboxylic acids is 1. The molecular formula is C27H30N2O6. The highest BCUT2D eigenvalue weighted by molar-refractivity contribution is 5.82. The van der Waals surface area contributed by atoms with Crippen LogP contribution in [0.4, 0.5) is 4.79 Å². The van der Waals surface area contributed by atoms with Crippen LogP contribution in [0.2, 0.25) is 0 Å². The van der Waals surface area contributed by atoms with E-state index in [1.165, 1.54) is 0 Å². The molecule has 8 nitrogen and oxygen atoms in total. The highest BCUT2D eigenvalue weighted by atomic mass is 16.5. The van der Waals surface area contributed by atoms with Crippen LogP contribution in [0.1, 0.15) is 49.1 Å². The van der Waals surface area contributed by atoms with Gasteiger partial charge in [0.15, 0.2) is 0 Å². The van der Waals surface area contributed by atoms with Gasteiger partial charge in [0.1, 0.15) is 6.61 Å². The minimum Gasteiger partial charge on any atom is -0.481 e. The molecule has 2 aliphatic carbocycles. The van der Waals surface area contributed by atoms with Crippen molar-refractivity contribution in [1.82, 2.24) is 10.6 Å². The molecule has 0 radical (unpaired) electrons. The predicted molar refractivity (Wildman–Crippen MR) is 128 cm³/mol. The van der Waals surface area contributed by atoms with Crippen LogP contribution in [0, 0.1) is 5.41 Å². The molecule has 0 spiro atoms. The minimum absolute atomic E-state index is 0.0483. The zero-order valence-electron chi connectivity index (χ0n) is 19.5. The van der Waals surface area contributed by atoms with E-state index in [9.17, 15) is 19.5 Å². The fourth-order valence-corrected chi connectivity index (χ4v) is 5.21. The van der Waals surface area contributed by atoms with E-state index in [2.05, 4.69) is 34.9 Å². The number of amides is 2. The van der Waals surface area contributed by atoms with E-state index in [4.69, 9.17) is 9.47 Å². The Morgan fingerprint density at radius 2 is 1.54 bits per heavy atom. The average Bonchev–Trinajstić information content (AvgIpc) is 3.59. The summed E-state index contributed by atoms with van der Waals surface area (Å²) >= 11 is 0. The van der Waals surface area contributed by atoms with Crippen LogP contribution in [-0.4, -0.2) is 55.0 Å². The summed E-state index contributed by atoms with van der Waals surface area (Å²) in [4.78, 5) is 37.0. The number of ether oxygens (including phenoxy) is 2. The summed E-state index contributed by atoms with van der Waals surface area (Å²) < 4.78 is 11.2. The lowest BCUT2D eigenvalue weighted by molar-refractivity contribution is -0.143. The zero-order chi connectivity index (χ0) is 24.5. The van der Waals surface area contributed by atoms with Crippen molar-refractivity contribution in [2.45, 2.75) is 43.6 Å². The molecule has 0 atom stereocenters. The molecule has 184 valence electrons. The maximum atomic E-state index is 12.9. The first-order chi connectivity index (χ1) is 16.9. The molecule has 0 aromatic heterocycles. The quantitative estimate of drug-likeness (QED) is 0.536. The number of alkyl carbamates (subject to hydrolysis) is 1. The third-order valence-corrected chi connectivity index (χ3v) is 7.59. The first-order valence-corrected chi connectivity index (χ1v) is 12.1. The Morgan fingerprint density at radius 3 is 2.11 bits per heavy atom. The fraction of sp³-hybridized carbons (Fsp3) is 0.444. The second kappa shape index (κ2) is 9.34. The number of carbonyl (C=O) groups is 3. The highest BCUT2D eigenvalue weighted by Gasteiger charge is 2.50. The molecule has 2 aromatic carbocycles. The van der Waals surface area contributed by atoms with E-state index in [-0.39, 0.29) is 31.4 Å². The van der Waals surface area contributed by atoms with E-state index < -0.39 is 23.0 Å². The molecule has 1 saturated carbocycles. The third-order valence-electron chi connectivity index (χ3n) is 7.59. The van der Waals surface area contributed by atoms with E-state index in [1.807, 2.05) is 24.3 Å². The summed E-state index contributed by atoms with van der Waals surface area (Å²) in [5, 5.41) is 15.0. The first-order valence-electron chi connectivity index (χ1n) is 12.1. The van der Waals surface area contributed by atoms with Gasteiger partial charge < -0.3 is 25.2 Å². The zero-order valence-corrected chi connectivity index (χ0v) is 19.5. The Hall–Kier alpha value is -3.39. The van der Waals surface area contributed by atoms with Gasteiger partial charge in [-0.1, -0.05) is 48.5 Å². The Kier molecular flexibility index (Phi) is 6.23. The Bertz CT molecular complexity index is 1090. The van der Waals surface area contributed by atoms with Crippen LogP contribution in [0.15, 0.2) is 48.5 Å². The number of carbonyl (C=O) groups excluding carboxylic acids is 2. The summed E-state index contributed by atoms with van der Waals surface area (Å²) in [7, 11) is 0. The third kappa shape index (κ3) is 4.75. The second-order valence-electron chi connectivity index (χ2n) is 9.88. The van der Waals surface area contributed by atoms with Crippen LogP contribution >= 0.6 is 0 Å². The topological polar surface area (TPSA) is 114 Å². The van der Waals surface area contributed by atoms with Gasteiger partial charge in [-0.25, -0.2) is 4.79 Å². The first kappa shape index (κ1) is 23.4. The van der Waals surface area contributed by atoms with Gasteiger partial charge in [0.2, 0.25) is 5.91 Å². The predicted octanol–water partition coefficient (Wildman–Crippen LogP) is 3.45. The normalized spacial score (nSPS) is 19.2. The monoisotopic (exact) mass is 478 g/mol. The highest BCUT2D eigenvalue weighted by Crippen LogP contribution is 2.45. The number of fused-ring (bicyclic) bond motifs is 3. The van der Waals surface area contributed by atoms with Gasteiger partial charge in [-0.3, -0.25) is 9.59 Å². The summed E-state index contributed by atoms with van der Waals surface area (Å²) in [6, 6.07) is 16.3. The van der Waals surface area contributed by atoms with Crippen LogP contribution in [-0.2, 0) is 19.1 Å². The molecule has 0 unspecified atom stereocenters. The maximum absolute atomic E-state index is 12.9. The van der Waals surface area contributed by atoms with E-state index in [1.54, 1.807) is 0 Å². The Labute approximate surface area is 204 Å². The average molecular weight is 479 g/mol. The largest absolute Gasteiger partial charge is 0.481 e. The van der Waals surface area contributed by atoms with Gasteiger partial charge in [-0.05, 0) is 47.9 Å². The number of rotatable bonds is 8. The van der Waals surface area contributed by atoms with Gasteiger partial charge in [0.25, 0.3) is 0 Å². The number of hydrogen-bond acceptors (Lipinski definition) is 5. The molecule has 2 fully saturated rings. The molecule has 2 amide bonds. The molecule has 2 aromatic rings. The number of carboxylic acid groups (broad SMARTS) is 1. The van der Waals surface area contributed by atoms with Crippen LogP contribution in [0.5, 0.6) is 0 Å². The van der Waals surface area contributed by atoms with Gasteiger partial charge in [-0.2, -0.15) is 0 Å². The number of benzene rings is 2. The van der Waals surface area contributed by atoms with Crippen molar-refractivity contribution in [3.63, 3.8) is 0 Å². The Morgan fingerprint density at radius 1 is 0.943 bits per heavy atom. The minimum atomic E-state index is -0.879. The fourth-order valence-electron chi connectivity index (χ4n) is 5.21. The Balaban J connectivity index is 1.22. The van der Waals surface area contributed by atoms with Gasteiger partial charge in [0.05, 0.1) is 11.0 Å². The lowest BCUT2D eigenvalue weighted by atomic mass is 9.86. The van der Waals surface area contributed by atoms with Crippen LogP contribution in [0.3, 0.4) is 0 Å².